The highest BCUT2D eigenvalue weighted by Crippen LogP contribution is 2.06. The van der Waals surface area contributed by atoms with Gasteiger partial charge in [-0.2, -0.15) is 0 Å². The molecular weight excluding hydrogens is 191 g/mol. The molecule has 0 bridgehead atoms. The Morgan fingerprint density at radius 3 is 2.36 bits per heavy atom. The third-order valence-corrected chi connectivity index (χ3v) is 1.03. The number of hydrogen-bond donors (Lipinski definition) is 0. The van der Waals surface area contributed by atoms with Gasteiger partial charge in [-0.25, -0.2) is 0 Å². The van der Waals surface area contributed by atoms with E-state index in [-0.39, 0.29) is 10.9 Å². The Balaban J connectivity index is 3.89. The fourth-order valence-corrected chi connectivity index (χ4v) is 0.631. The summed E-state index contributed by atoms with van der Waals surface area (Å²) in [7, 11) is 1.20. The zero-order chi connectivity index (χ0) is 8.85. The van der Waals surface area contributed by atoms with Gasteiger partial charge in [0.1, 0.15) is 10.9 Å². The summed E-state index contributed by atoms with van der Waals surface area (Å²) in [6.07, 6.45) is 0.624. The third-order valence-electron chi connectivity index (χ3n) is 0.816. The fraction of sp³-hybridized carbons (Fsp3) is 0.333. The summed E-state index contributed by atoms with van der Waals surface area (Å²) in [5.41, 5.74) is 0. The Bertz CT molecular complexity index is 194. The van der Waals surface area contributed by atoms with Crippen molar-refractivity contribution in [2.45, 2.75) is 6.42 Å². The van der Waals surface area contributed by atoms with Crippen LogP contribution in [0, 0.1) is 0 Å². The van der Waals surface area contributed by atoms with E-state index in [0.29, 0.717) is 0 Å². The minimum Gasteiger partial charge on any atom is -0.469 e. The van der Waals surface area contributed by atoms with Gasteiger partial charge in [-0.05, 0) is 0 Å². The lowest BCUT2D eigenvalue weighted by Gasteiger charge is -1.93. The number of ether oxygens (including phenoxy) is 1. The smallest absolute Gasteiger partial charge is 0.313 e. The van der Waals surface area contributed by atoms with E-state index in [4.69, 9.17) is 23.2 Å². The summed E-state index contributed by atoms with van der Waals surface area (Å²) in [6.45, 7) is 0. The molecule has 0 saturated heterocycles. The quantitative estimate of drug-likeness (QED) is 0.390. The van der Waals surface area contributed by atoms with Gasteiger partial charge in [-0.1, -0.05) is 23.2 Å². The molecule has 0 radical (unpaired) electrons. The Morgan fingerprint density at radius 1 is 1.45 bits per heavy atom. The van der Waals surface area contributed by atoms with E-state index in [2.05, 4.69) is 4.74 Å². The molecule has 5 heteroatoms. The molecule has 0 aliphatic rings. The van der Waals surface area contributed by atoms with E-state index >= 15 is 0 Å². The van der Waals surface area contributed by atoms with Crippen LogP contribution in [0.15, 0.2) is 10.6 Å². The Labute approximate surface area is 73.9 Å². The van der Waals surface area contributed by atoms with Gasteiger partial charge in [-0.15, -0.1) is 0 Å². The number of methoxy groups -OCH3 is 1. The number of hydrogen-bond acceptors (Lipinski definition) is 3. The molecule has 0 saturated carbocycles. The van der Waals surface area contributed by atoms with E-state index < -0.39 is 11.8 Å². The molecule has 0 aromatic rings. The zero-order valence-electron chi connectivity index (χ0n) is 5.77. The Hall–Kier alpha value is -0.540. The van der Waals surface area contributed by atoms with Gasteiger partial charge < -0.3 is 4.74 Å². The lowest BCUT2D eigenvalue weighted by atomic mass is 10.3. The van der Waals surface area contributed by atoms with E-state index in [1.165, 1.54) is 7.11 Å². The molecule has 0 fully saturated rings. The third kappa shape index (κ3) is 5.88. The largest absolute Gasteiger partial charge is 0.469 e. The zero-order valence-corrected chi connectivity index (χ0v) is 7.28. The second-order valence-electron chi connectivity index (χ2n) is 1.65. The second kappa shape index (κ2) is 5.16. The molecule has 0 aromatic carbocycles. The standard InChI is InChI=1S/C6H6Cl2O3/c1-11-6(10)3-4(9)2-5(7)8/h2H,3H2,1H3. The topological polar surface area (TPSA) is 43.4 Å². The van der Waals surface area contributed by atoms with Crippen LogP contribution in [-0.2, 0) is 14.3 Å². The van der Waals surface area contributed by atoms with Crippen LogP contribution in [0.4, 0.5) is 0 Å². The van der Waals surface area contributed by atoms with Gasteiger partial charge in [-0.3, -0.25) is 9.59 Å². The van der Waals surface area contributed by atoms with Gasteiger partial charge in [0.2, 0.25) is 0 Å². The first-order valence-electron chi connectivity index (χ1n) is 2.68. The predicted octanol–water partition coefficient (Wildman–Crippen LogP) is 1.44. The molecule has 0 aromatic heterocycles. The lowest BCUT2D eigenvalue weighted by molar-refractivity contribution is -0.142. The van der Waals surface area contributed by atoms with Crippen molar-refractivity contribution in [3.63, 3.8) is 0 Å². The van der Waals surface area contributed by atoms with Crippen molar-refractivity contribution >= 4 is 35.0 Å². The molecule has 0 aliphatic carbocycles. The first kappa shape index (κ1) is 10.5. The summed E-state index contributed by atoms with van der Waals surface area (Å²) in [6, 6.07) is 0. The van der Waals surface area contributed by atoms with Crippen molar-refractivity contribution in [3.05, 3.63) is 10.6 Å². The van der Waals surface area contributed by atoms with Crippen molar-refractivity contribution in [1.82, 2.24) is 0 Å². The van der Waals surface area contributed by atoms with Crippen LogP contribution in [-0.4, -0.2) is 18.9 Å². The molecule has 62 valence electrons. The number of ketones is 1. The van der Waals surface area contributed by atoms with Crippen LogP contribution in [0.2, 0.25) is 0 Å². The predicted molar refractivity (Wildman–Crippen MR) is 41.4 cm³/mol. The fourth-order valence-electron chi connectivity index (χ4n) is 0.387. The maximum atomic E-state index is 10.7. The number of carbonyl (C=O) groups is 2. The maximum absolute atomic E-state index is 10.7. The number of carbonyl (C=O) groups excluding carboxylic acids is 2. The summed E-state index contributed by atoms with van der Waals surface area (Å²) in [5.74, 6) is -1.09. The molecule has 0 spiro atoms. The highest BCUT2D eigenvalue weighted by atomic mass is 35.5. The molecule has 0 amide bonds. The average molecular weight is 197 g/mol. The normalized spacial score (nSPS) is 8.64. The Morgan fingerprint density at radius 2 is 2.00 bits per heavy atom. The molecule has 0 heterocycles. The maximum Gasteiger partial charge on any atom is 0.313 e. The first-order valence-corrected chi connectivity index (χ1v) is 3.44. The van der Waals surface area contributed by atoms with Crippen LogP contribution in [0.5, 0.6) is 0 Å². The van der Waals surface area contributed by atoms with Gasteiger partial charge >= 0.3 is 5.97 Å². The number of halogens is 2. The summed E-state index contributed by atoms with van der Waals surface area (Å²) < 4.78 is 4.06. The van der Waals surface area contributed by atoms with Gasteiger partial charge in [0.15, 0.2) is 5.78 Å². The first-order chi connectivity index (χ1) is 5.06. The highest BCUT2D eigenvalue weighted by molar-refractivity contribution is 6.56. The number of rotatable bonds is 3. The van der Waals surface area contributed by atoms with E-state index in [1.54, 1.807) is 0 Å². The SMILES string of the molecule is COC(=O)CC(=O)C=C(Cl)Cl. The van der Waals surface area contributed by atoms with Crippen LogP contribution in [0.25, 0.3) is 0 Å². The molecular formula is C6H6Cl2O3. The van der Waals surface area contributed by atoms with E-state index in [0.717, 1.165) is 6.08 Å². The molecule has 11 heavy (non-hydrogen) atoms. The summed E-state index contributed by atoms with van der Waals surface area (Å²) in [4.78, 5) is 21.1. The van der Waals surface area contributed by atoms with Gasteiger partial charge in [0.05, 0.1) is 7.11 Å². The second-order valence-corrected chi connectivity index (χ2v) is 2.66. The molecule has 0 atom stereocenters. The van der Waals surface area contributed by atoms with Crippen LogP contribution < -0.4 is 0 Å². The van der Waals surface area contributed by atoms with Crippen molar-refractivity contribution < 1.29 is 14.3 Å². The molecule has 0 aliphatic heterocycles. The number of esters is 1. The summed E-state index contributed by atoms with van der Waals surface area (Å²) >= 11 is 10.3. The minimum atomic E-state index is -0.610. The Kier molecular flexibility index (Phi) is 4.90. The van der Waals surface area contributed by atoms with Crippen molar-refractivity contribution in [3.8, 4) is 0 Å². The van der Waals surface area contributed by atoms with Gasteiger partial charge in [0, 0.05) is 6.08 Å². The van der Waals surface area contributed by atoms with Crippen LogP contribution in [0.1, 0.15) is 6.42 Å². The lowest BCUT2D eigenvalue weighted by Crippen LogP contribution is -2.06. The highest BCUT2D eigenvalue weighted by Gasteiger charge is 2.06. The average Bonchev–Trinajstić information content (AvgIpc) is 1.85. The number of allylic oxidation sites excluding steroid dienone is 1. The molecule has 0 unspecified atom stereocenters. The van der Waals surface area contributed by atoms with Crippen molar-refractivity contribution in [2.24, 2.45) is 0 Å². The summed E-state index contributed by atoms with van der Waals surface area (Å²) in [5, 5.41) is 0. The van der Waals surface area contributed by atoms with Crippen LogP contribution in [0.3, 0.4) is 0 Å². The monoisotopic (exact) mass is 196 g/mol. The van der Waals surface area contributed by atoms with Gasteiger partial charge in [0.25, 0.3) is 0 Å². The van der Waals surface area contributed by atoms with E-state index in [9.17, 15) is 9.59 Å². The molecule has 0 rings (SSSR count). The van der Waals surface area contributed by atoms with Crippen molar-refractivity contribution in [2.75, 3.05) is 7.11 Å². The van der Waals surface area contributed by atoms with Crippen molar-refractivity contribution in [1.29, 1.82) is 0 Å². The molecule has 3 nitrogen and oxygen atoms in total. The minimum absolute atomic E-state index is 0.168. The van der Waals surface area contributed by atoms with E-state index in [1.807, 2.05) is 0 Å². The van der Waals surface area contributed by atoms with Crippen LogP contribution >= 0.6 is 23.2 Å². The molecule has 0 N–H and O–H groups in total.